The fraction of sp³-hybridized carbons (Fsp3) is 0.333. The largest absolute Gasteiger partial charge is 0.481 e. The van der Waals surface area contributed by atoms with E-state index in [0.29, 0.717) is 0 Å². The van der Waals surface area contributed by atoms with E-state index < -0.39 is 17.8 Å². The van der Waals surface area contributed by atoms with Crippen LogP contribution in [0.1, 0.15) is 19.3 Å². The summed E-state index contributed by atoms with van der Waals surface area (Å²) >= 11 is 1.59. The number of carboxylic acids is 1. The highest BCUT2D eigenvalue weighted by molar-refractivity contribution is 7.99. The molecule has 0 heterocycles. The Labute approximate surface area is 157 Å². The Morgan fingerprint density at radius 2 is 1.58 bits per heavy atom. The van der Waals surface area contributed by atoms with Crippen LogP contribution in [0.15, 0.2) is 64.4 Å². The van der Waals surface area contributed by atoms with Crippen LogP contribution in [-0.2, 0) is 9.59 Å². The molecule has 2 aliphatic rings. The van der Waals surface area contributed by atoms with Gasteiger partial charge in [0.15, 0.2) is 0 Å². The molecule has 2 aromatic rings. The van der Waals surface area contributed by atoms with Gasteiger partial charge in [0.1, 0.15) is 0 Å². The van der Waals surface area contributed by atoms with Crippen LogP contribution in [-0.4, -0.2) is 17.0 Å². The van der Waals surface area contributed by atoms with Crippen molar-refractivity contribution in [3.05, 3.63) is 54.6 Å². The van der Waals surface area contributed by atoms with Gasteiger partial charge in [-0.15, -0.1) is 0 Å². The second kappa shape index (κ2) is 7.16. The molecular formula is C21H21NO3S. The molecule has 0 aliphatic heterocycles. The molecule has 26 heavy (non-hydrogen) atoms. The van der Waals surface area contributed by atoms with Crippen molar-refractivity contribution in [3.63, 3.8) is 0 Å². The van der Waals surface area contributed by atoms with E-state index in [9.17, 15) is 14.7 Å². The van der Waals surface area contributed by atoms with Crippen LogP contribution in [0.4, 0.5) is 5.69 Å². The number of fused-ring (bicyclic) bond motifs is 2. The van der Waals surface area contributed by atoms with Crippen molar-refractivity contribution in [1.82, 2.24) is 0 Å². The topological polar surface area (TPSA) is 66.4 Å². The van der Waals surface area contributed by atoms with Gasteiger partial charge in [0.25, 0.3) is 0 Å². The van der Waals surface area contributed by atoms with Crippen molar-refractivity contribution < 1.29 is 14.7 Å². The van der Waals surface area contributed by atoms with E-state index in [1.165, 1.54) is 0 Å². The number of benzene rings is 2. The Kier molecular flexibility index (Phi) is 4.72. The molecule has 2 saturated carbocycles. The second-order valence-electron chi connectivity index (χ2n) is 7.12. The highest BCUT2D eigenvalue weighted by Gasteiger charge is 2.54. The Bertz CT molecular complexity index is 823. The lowest BCUT2D eigenvalue weighted by Crippen LogP contribution is -2.37. The normalized spacial score (nSPS) is 26.6. The van der Waals surface area contributed by atoms with Gasteiger partial charge in [0.2, 0.25) is 5.91 Å². The summed E-state index contributed by atoms with van der Waals surface area (Å²) < 4.78 is 0. The van der Waals surface area contributed by atoms with Crippen molar-refractivity contribution >= 4 is 29.3 Å². The van der Waals surface area contributed by atoms with Gasteiger partial charge < -0.3 is 10.4 Å². The average Bonchev–Trinajstić information content (AvgIpc) is 3.25. The van der Waals surface area contributed by atoms with Gasteiger partial charge in [-0.3, -0.25) is 9.59 Å². The second-order valence-corrected chi connectivity index (χ2v) is 8.24. The summed E-state index contributed by atoms with van der Waals surface area (Å²) in [4.78, 5) is 26.7. The molecule has 4 nitrogen and oxygen atoms in total. The standard InChI is InChI=1S/C21H21NO3S/c23-20(18-13-10-11-14(12-13)19(18)21(24)25)22-16-8-4-5-9-17(16)26-15-6-2-1-3-7-15/h1-9,13-14,18-19H,10-12H2,(H,22,23)(H,24,25)/t13-,14-,18+,19+/m0/s1. The van der Waals surface area contributed by atoms with Crippen LogP contribution >= 0.6 is 11.8 Å². The Hall–Kier alpha value is -2.27. The molecule has 4 atom stereocenters. The summed E-state index contributed by atoms with van der Waals surface area (Å²) in [5.74, 6) is -1.57. The molecule has 2 bridgehead atoms. The smallest absolute Gasteiger partial charge is 0.307 e. The molecule has 4 rings (SSSR count). The molecule has 0 saturated heterocycles. The molecule has 2 N–H and O–H groups in total. The summed E-state index contributed by atoms with van der Waals surface area (Å²) in [6, 6.07) is 17.7. The van der Waals surface area contributed by atoms with Gasteiger partial charge in [-0.1, -0.05) is 42.1 Å². The van der Waals surface area contributed by atoms with Crippen molar-refractivity contribution in [1.29, 1.82) is 0 Å². The van der Waals surface area contributed by atoms with Gasteiger partial charge in [-0.05, 0) is 55.4 Å². The lowest BCUT2D eigenvalue weighted by atomic mass is 9.78. The molecule has 134 valence electrons. The molecule has 0 unspecified atom stereocenters. The highest BCUT2D eigenvalue weighted by atomic mass is 32.2. The number of rotatable bonds is 5. The number of carbonyl (C=O) groups is 2. The van der Waals surface area contributed by atoms with E-state index in [4.69, 9.17) is 0 Å². The van der Waals surface area contributed by atoms with Crippen molar-refractivity contribution in [2.45, 2.75) is 29.1 Å². The van der Waals surface area contributed by atoms with Gasteiger partial charge in [0, 0.05) is 9.79 Å². The van der Waals surface area contributed by atoms with Gasteiger partial charge in [-0.2, -0.15) is 0 Å². The van der Waals surface area contributed by atoms with Gasteiger partial charge in [-0.25, -0.2) is 0 Å². The van der Waals surface area contributed by atoms with Crippen LogP contribution in [0.2, 0.25) is 0 Å². The monoisotopic (exact) mass is 367 g/mol. The fourth-order valence-corrected chi connectivity index (χ4v) is 5.44. The number of hydrogen-bond donors (Lipinski definition) is 2. The molecule has 0 radical (unpaired) electrons. The first kappa shape index (κ1) is 17.2. The maximum atomic E-state index is 12.9. The van der Waals surface area contributed by atoms with Crippen LogP contribution in [0.5, 0.6) is 0 Å². The molecule has 5 heteroatoms. The fourth-order valence-electron chi connectivity index (χ4n) is 4.51. The molecule has 0 aromatic heterocycles. The lowest BCUT2D eigenvalue weighted by molar-refractivity contribution is -0.148. The van der Waals surface area contributed by atoms with E-state index in [-0.39, 0.29) is 17.7 Å². The van der Waals surface area contributed by atoms with Gasteiger partial charge >= 0.3 is 5.97 Å². The third-order valence-electron chi connectivity index (χ3n) is 5.62. The number of carboxylic acid groups (broad SMARTS) is 1. The zero-order valence-electron chi connectivity index (χ0n) is 14.3. The van der Waals surface area contributed by atoms with Crippen LogP contribution in [0, 0.1) is 23.7 Å². The Morgan fingerprint density at radius 1 is 0.923 bits per heavy atom. The minimum Gasteiger partial charge on any atom is -0.481 e. The molecule has 2 aromatic carbocycles. The van der Waals surface area contributed by atoms with E-state index in [0.717, 1.165) is 34.7 Å². The average molecular weight is 367 g/mol. The van der Waals surface area contributed by atoms with Crippen molar-refractivity contribution in [3.8, 4) is 0 Å². The quantitative estimate of drug-likeness (QED) is 0.815. The first-order valence-electron chi connectivity index (χ1n) is 8.99. The zero-order valence-corrected chi connectivity index (χ0v) is 15.1. The number of aliphatic carboxylic acids is 1. The SMILES string of the molecule is O=C(O)[C@@H]1[C@H]2CC[C@@H](C2)[C@H]1C(=O)Nc1ccccc1Sc1ccccc1. The summed E-state index contributed by atoms with van der Waals surface area (Å²) in [5.41, 5.74) is 0.748. The number of hydrogen-bond acceptors (Lipinski definition) is 3. The first-order chi connectivity index (χ1) is 12.6. The molecule has 0 spiro atoms. The third kappa shape index (κ3) is 3.23. The minimum absolute atomic E-state index is 0.147. The molecular weight excluding hydrogens is 346 g/mol. The predicted octanol–water partition coefficient (Wildman–Crippen LogP) is 4.52. The Balaban J connectivity index is 1.54. The summed E-state index contributed by atoms with van der Waals surface area (Å²) in [7, 11) is 0. The number of anilines is 1. The van der Waals surface area contributed by atoms with Crippen molar-refractivity contribution in [2.75, 3.05) is 5.32 Å². The van der Waals surface area contributed by atoms with Crippen LogP contribution < -0.4 is 5.32 Å². The number of carbonyl (C=O) groups excluding carboxylic acids is 1. The van der Waals surface area contributed by atoms with Crippen molar-refractivity contribution in [2.24, 2.45) is 23.7 Å². The molecule has 2 aliphatic carbocycles. The summed E-state index contributed by atoms with van der Waals surface area (Å²) in [5, 5.41) is 12.6. The van der Waals surface area contributed by atoms with Crippen LogP contribution in [0.3, 0.4) is 0 Å². The summed E-state index contributed by atoms with van der Waals surface area (Å²) in [6.07, 6.45) is 2.77. The lowest BCUT2D eigenvalue weighted by Gasteiger charge is -2.27. The van der Waals surface area contributed by atoms with Gasteiger partial charge in [0.05, 0.1) is 17.5 Å². The minimum atomic E-state index is -0.829. The van der Waals surface area contributed by atoms with E-state index in [2.05, 4.69) is 5.32 Å². The van der Waals surface area contributed by atoms with E-state index in [1.807, 2.05) is 54.6 Å². The maximum absolute atomic E-state index is 12.9. The van der Waals surface area contributed by atoms with E-state index in [1.54, 1.807) is 11.8 Å². The third-order valence-corrected chi connectivity index (χ3v) is 6.70. The molecule has 1 amide bonds. The number of nitrogens with one attached hydrogen (secondary N) is 1. The van der Waals surface area contributed by atoms with Crippen LogP contribution in [0.25, 0.3) is 0 Å². The number of amides is 1. The maximum Gasteiger partial charge on any atom is 0.307 e. The number of para-hydroxylation sites is 1. The van der Waals surface area contributed by atoms with E-state index >= 15 is 0 Å². The summed E-state index contributed by atoms with van der Waals surface area (Å²) in [6.45, 7) is 0. The molecule has 2 fully saturated rings. The Morgan fingerprint density at radius 3 is 2.31 bits per heavy atom. The first-order valence-corrected chi connectivity index (χ1v) is 9.80. The highest BCUT2D eigenvalue weighted by Crippen LogP contribution is 2.52. The predicted molar refractivity (Wildman–Crippen MR) is 101 cm³/mol. The zero-order chi connectivity index (χ0) is 18.1.